The maximum atomic E-state index is 12.3. The van der Waals surface area contributed by atoms with E-state index >= 15 is 0 Å². The second-order valence-corrected chi connectivity index (χ2v) is 6.30. The third-order valence-electron chi connectivity index (χ3n) is 4.23. The van der Waals surface area contributed by atoms with Crippen LogP contribution in [-0.4, -0.2) is 12.5 Å². The van der Waals surface area contributed by atoms with E-state index in [1.165, 1.54) is 5.56 Å². The highest BCUT2D eigenvalue weighted by Gasteiger charge is 2.09. The number of para-hydroxylation sites is 3. The van der Waals surface area contributed by atoms with Crippen LogP contribution in [0.4, 0.5) is 5.69 Å². The molecule has 0 fully saturated rings. The highest BCUT2D eigenvalue weighted by Crippen LogP contribution is 2.29. The zero-order chi connectivity index (χ0) is 18.9. The zero-order valence-electron chi connectivity index (χ0n) is 15.4. The van der Waals surface area contributed by atoms with Gasteiger partial charge in [0.2, 0.25) is 5.91 Å². The van der Waals surface area contributed by atoms with Gasteiger partial charge in [-0.25, -0.2) is 0 Å². The summed E-state index contributed by atoms with van der Waals surface area (Å²) in [6.45, 7) is 2.69. The third kappa shape index (κ3) is 5.69. The Hall–Kier alpha value is -3.11. The Balaban J connectivity index is 1.52. The van der Waals surface area contributed by atoms with E-state index in [0.717, 1.165) is 5.75 Å². The van der Waals surface area contributed by atoms with Gasteiger partial charge in [-0.15, -0.1) is 0 Å². The monoisotopic (exact) mass is 360 g/mol. The van der Waals surface area contributed by atoms with Crippen molar-refractivity contribution in [2.24, 2.45) is 0 Å². The molecule has 0 bridgehead atoms. The van der Waals surface area contributed by atoms with Gasteiger partial charge < -0.3 is 15.4 Å². The third-order valence-corrected chi connectivity index (χ3v) is 4.23. The molecule has 138 valence electrons. The van der Waals surface area contributed by atoms with E-state index in [1.54, 1.807) is 0 Å². The van der Waals surface area contributed by atoms with E-state index in [-0.39, 0.29) is 11.9 Å². The highest BCUT2D eigenvalue weighted by molar-refractivity contribution is 5.92. The summed E-state index contributed by atoms with van der Waals surface area (Å²) in [6.07, 6.45) is 0.386. The predicted octanol–water partition coefficient (Wildman–Crippen LogP) is 5.16. The van der Waals surface area contributed by atoms with Gasteiger partial charge in [0.25, 0.3) is 0 Å². The molecule has 0 aliphatic carbocycles. The quantitative estimate of drug-likeness (QED) is 0.583. The van der Waals surface area contributed by atoms with Crippen LogP contribution >= 0.6 is 0 Å². The van der Waals surface area contributed by atoms with Crippen LogP contribution in [0.2, 0.25) is 0 Å². The summed E-state index contributed by atoms with van der Waals surface area (Å²) >= 11 is 0. The van der Waals surface area contributed by atoms with Crippen molar-refractivity contribution in [1.29, 1.82) is 0 Å². The van der Waals surface area contributed by atoms with Crippen molar-refractivity contribution < 1.29 is 9.53 Å². The first-order valence-corrected chi connectivity index (χ1v) is 9.12. The van der Waals surface area contributed by atoms with E-state index in [4.69, 9.17) is 4.74 Å². The number of anilines is 1. The normalized spacial score (nSPS) is 11.6. The molecule has 0 saturated carbocycles. The molecular formula is C23H24N2O2. The molecule has 0 aliphatic rings. The van der Waals surface area contributed by atoms with Crippen LogP contribution in [0, 0.1) is 0 Å². The Bertz CT molecular complexity index is 851. The minimum Gasteiger partial charge on any atom is -0.455 e. The van der Waals surface area contributed by atoms with Crippen molar-refractivity contribution in [1.82, 2.24) is 5.32 Å². The molecule has 3 aromatic carbocycles. The van der Waals surface area contributed by atoms with Gasteiger partial charge >= 0.3 is 0 Å². The van der Waals surface area contributed by atoms with Gasteiger partial charge in [-0.2, -0.15) is 0 Å². The number of hydrogen-bond acceptors (Lipinski definition) is 3. The van der Waals surface area contributed by atoms with Crippen LogP contribution in [-0.2, 0) is 4.79 Å². The van der Waals surface area contributed by atoms with Gasteiger partial charge in [0.05, 0.1) is 5.69 Å². The molecule has 4 heteroatoms. The predicted molar refractivity (Wildman–Crippen MR) is 109 cm³/mol. The molecular weight excluding hydrogens is 336 g/mol. The largest absolute Gasteiger partial charge is 0.455 e. The number of carbonyl (C=O) groups is 1. The van der Waals surface area contributed by atoms with Crippen molar-refractivity contribution >= 4 is 11.6 Å². The molecule has 2 N–H and O–H groups in total. The summed E-state index contributed by atoms with van der Waals surface area (Å²) in [5, 5.41) is 6.32. The van der Waals surface area contributed by atoms with Crippen molar-refractivity contribution in [3.05, 3.63) is 90.5 Å². The summed E-state index contributed by atoms with van der Waals surface area (Å²) in [6, 6.07) is 27.4. The summed E-state index contributed by atoms with van der Waals surface area (Å²) < 4.78 is 5.88. The Morgan fingerprint density at radius 1 is 0.889 bits per heavy atom. The smallest absolute Gasteiger partial charge is 0.225 e. The molecule has 0 saturated heterocycles. The van der Waals surface area contributed by atoms with Gasteiger partial charge in [0.15, 0.2) is 5.75 Å². The first kappa shape index (κ1) is 18.7. The van der Waals surface area contributed by atoms with Gasteiger partial charge in [-0.3, -0.25) is 4.79 Å². The SMILES string of the molecule is CC(NCCC(=O)Nc1ccccc1Oc1ccccc1)c1ccccc1. The second kappa shape index (κ2) is 9.55. The molecule has 3 rings (SSSR count). The fourth-order valence-electron chi connectivity index (χ4n) is 2.75. The van der Waals surface area contributed by atoms with Crippen LogP contribution < -0.4 is 15.4 Å². The lowest BCUT2D eigenvalue weighted by atomic mass is 10.1. The summed E-state index contributed by atoms with van der Waals surface area (Å²) in [4.78, 5) is 12.3. The van der Waals surface area contributed by atoms with E-state index in [2.05, 4.69) is 29.7 Å². The fraction of sp³-hybridized carbons (Fsp3) is 0.174. The average Bonchev–Trinajstić information content (AvgIpc) is 2.71. The van der Waals surface area contributed by atoms with Crippen molar-refractivity contribution in [3.63, 3.8) is 0 Å². The second-order valence-electron chi connectivity index (χ2n) is 6.30. The zero-order valence-corrected chi connectivity index (χ0v) is 15.4. The molecule has 1 amide bonds. The number of ether oxygens (including phenoxy) is 1. The molecule has 0 aromatic heterocycles. The van der Waals surface area contributed by atoms with Crippen molar-refractivity contribution in [2.75, 3.05) is 11.9 Å². The molecule has 27 heavy (non-hydrogen) atoms. The number of rotatable bonds is 8. The van der Waals surface area contributed by atoms with E-state index < -0.39 is 0 Å². The van der Waals surface area contributed by atoms with Gasteiger partial charge in [-0.05, 0) is 36.8 Å². The average molecular weight is 360 g/mol. The molecule has 0 radical (unpaired) electrons. The number of amides is 1. The first-order valence-electron chi connectivity index (χ1n) is 9.12. The Labute approximate surface area is 160 Å². The molecule has 0 heterocycles. The van der Waals surface area contributed by atoms with Crippen molar-refractivity contribution in [2.45, 2.75) is 19.4 Å². The summed E-state index contributed by atoms with van der Waals surface area (Å²) in [7, 11) is 0. The molecule has 0 spiro atoms. The van der Waals surface area contributed by atoms with Crippen LogP contribution in [0.25, 0.3) is 0 Å². The van der Waals surface area contributed by atoms with Crippen LogP contribution in [0.3, 0.4) is 0 Å². The van der Waals surface area contributed by atoms with E-state index in [1.807, 2.05) is 72.8 Å². The minimum absolute atomic E-state index is 0.0492. The lowest BCUT2D eigenvalue weighted by molar-refractivity contribution is -0.116. The summed E-state index contributed by atoms with van der Waals surface area (Å²) in [5.41, 5.74) is 1.88. The highest BCUT2D eigenvalue weighted by atomic mass is 16.5. The maximum Gasteiger partial charge on any atom is 0.225 e. The summed E-state index contributed by atoms with van der Waals surface area (Å²) in [5.74, 6) is 1.31. The number of carbonyl (C=O) groups excluding carboxylic acids is 1. The molecule has 0 aliphatic heterocycles. The maximum absolute atomic E-state index is 12.3. The Morgan fingerprint density at radius 2 is 1.52 bits per heavy atom. The fourth-order valence-corrected chi connectivity index (χ4v) is 2.75. The van der Waals surface area contributed by atoms with E-state index in [9.17, 15) is 4.79 Å². The number of benzene rings is 3. The lowest BCUT2D eigenvalue weighted by Gasteiger charge is -2.15. The Morgan fingerprint density at radius 3 is 2.26 bits per heavy atom. The Kier molecular flexibility index (Phi) is 6.61. The van der Waals surface area contributed by atoms with Crippen LogP contribution in [0.1, 0.15) is 24.9 Å². The number of nitrogens with one attached hydrogen (secondary N) is 2. The van der Waals surface area contributed by atoms with Crippen LogP contribution in [0.15, 0.2) is 84.9 Å². The van der Waals surface area contributed by atoms with Gasteiger partial charge in [0, 0.05) is 19.0 Å². The van der Waals surface area contributed by atoms with Crippen LogP contribution in [0.5, 0.6) is 11.5 Å². The molecule has 3 aromatic rings. The molecule has 1 atom stereocenters. The molecule has 1 unspecified atom stereocenters. The lowest BCUT2D eigenvalue weighted by Crippen LogP contribution is -2.24. The van der Waals surface area contributed by atoms with Gasteiger partial charge in [0.1, 0.15) is 5.75 Å². The number of hydrogen-bond donors (Lipinski definition) is 2. The first-order chi connectivity index (χ1) is 13.2. The topological polar surface area (TPSA) is 50.4 Å². The van der Waals surface area contributed by atoms with Crippen molar-refractivity contribution in [3.8, 4) is 11.5 Å². The standard InChI is InChI=1S/C23H24N2O2/c1-18(19-10-4-2-5-11-19)24-17-16-23(26)25-21-14-8-9-15-22(21)27-20-12-6-3-7-13-20/h2-15,18,24H,16-17H2,1H3,(H,25,26). The molecule has 4 nitrogen and oxygen atoms in total. The van der Waals surface area contributed by atoms with Gasteiger partial charge in [-0.1, -0.05) is 60.7 Å². The van der Waals surface area contributed by atoms with E-state index in [0.29, 0.717) is 24.4 Å². The minimum atomic E-state index is -0.0492.